The van der Waals surface area contributed by atoms with E-state index in [1.54, 1.807) is 35.1 Å². The second-order valence-electron chi connectivity index (χ2n) is 5.68. The first-order valence-electron chi connectivity index (χ1n) is 7.51. The average Bonchev–Trinajstić information content (AvgIpc) is 3.02. The minimum Gasteiger partial charge on any atom is -0.383 e. The fourth-order valence-electron chi connectivity index (χ4n) is 2.79. The van der Waals surface area contributed by atoms with Crippen LogP contribution in [0.1, 0.15) is 21.5 Å². The van der Waals surface area contributed by atoms with Crippen molar-refractivity contribution in [3.8, 4) is 28.5 Å². The minimum atomic E-state index is -0.505. The second-order valence-corrected chi connectivity index (χ2v) is 5.68. The van der Waals surface area contributed by atoms with Gasteiger partial charge in [-0.05, 0) is 30.2 Å². The maximum absolute atomic E-state index is 11.3. The molecular formula is C18H16N6O. The Bertz CT molecular complexity index is 1010. The Morgan fingerprint density at radius 2 is 1.92 bits per heavy atom. The summed E-state index contributed by atoms with van der Waals surface area (Å²) in [5, 5.41) is 13.7. The molecule has 0 atom stereocenters. The van der Waals surface area contributed by atoms with Crippen molar-refractivity contribution >= 4 is 11.7 Å². The Morgan fingerprint density at radius 3 is 2.44 bits per heavy atom. The summed E-state index contributed by atoms with van der Waals surface area (Å²) in [6, 6.07) is 8.86. The van der Waals surface area contributed by atoms with Crippen molar-refractivity contribution in [2.45, 2.75) is 6.92 Å². The van der Waals surface area contributed by atoms with Crippen molar-refractivity contribution in [2.75, 3.05) is 5.73 Å². The number of pyridine rings is 1. The highest BCUT2D eigenvalue weighted by Crippen LogP contribution is 2.35. The SMILES string of the molecule is Cc1c(-c2cnn(C)c2)nc(N)c(C#N)c1-c1ccc(C(N)=O)cc1. The Hall–Kier alpha value is -3.66. The standard InChI is InChI=1S/C18H16N6O/c1-10-15(11-3-5-12(6-4-11)18(21)25)14(7-19)17(20)23-16(10)13-8-22-24(2)9-13/h3-6,8-9H,1-2H3,(H2,20,23)(H2,21,25). The summed E-state index contributed by atoms with van der Waals surface area (Å²) in [4.78, 5) is 15.7. The number of aryl methyl sites for hydroxylation is 1. The van der Waals surface area contributed by atoms with Gasteiger partial charge in [-0.15, -0.1) is 0 Å². The summed E-state index contributed by atoms with van der Waals surface area (Å²) in [5.41, 5.74) is 15.7. The highest BCUT2D eigenvalue weighted by Gasteiger charge is 2.19. The van der Waals surface area contributed by atoms with Crippen molar-refractivity contribution in [1.29, 1.82) is 5.26 Å². The van der Waals surface area contributed by atoms with Crippen LogP contribution >= 0.6 is 0 Å². The van der Waals surface area contributed by atoms with E-state index in [1.165, 1.54) is 0 Å². The molecule has 7 nitrogen and oxygen atoms in total. The lowest BCUT2D eigenvalue weighted by Crippen LogP contribution is -2.10. The first kappa shape index (κ1) is 16.2. The Balaban J connectivity index is 2.26. The van der Waals surface area contributed by atoms with Gasteiger partial charge in [0.25, 0.3) is 0 Å². The van der Waals surface area contributed by atoms with Crippen LogP contribution in [0.3, 0.4) is 0 Å². The lowest BCUT2D eigenvalue weighted by molar-refractivity contribution is 0.100. The van der Waals surface area contributed by atoms with Crippen LogP contribution in [-0.2, 0) is 7.05 Å². The molecule has 0 aliphatic carbocycles. The van der Waals surface area contributed by atoms with Crippen LogP contribution in [0, 0.1) is 18.3 Å². The van der Waals surface area contributed by atoms with Gasteiger partial charge in [0.15, 0.2) is 0 Å². The van der Waals surface area contributed by atoms with Crippen molar-refractivity contribution in [1.82, 2.24) is 14.8 Å². The number of carbonyl (C=O) groups is 1. The molecule has 0 aliphatic heterocycles. The number of hydrogen-bond acceptors (Lipinski definition) is 5. The number of benzene rings is 1. The number of nitrogens with zero attached hydrogens (tertiary/aromatic N) is 4. The van der Waals surface area contributed by atoms with Crippen LogP contribution in [0.25, 0.3) is 22.4 Å². The number of hydrogen-bond donors (Lipinski definition) is 2. The van der Waals surface area contributed by atoms with E-state index in [9.17, 15) is 10.1 Å². The van der Waals surface area contributed by atoms with Crippen LogP contribution in [-0.4, -0.2) is 20.7 Å². The predicted octanol–water partition coefficient (Wildman–Crippen LogP) is 2.01. The van der Waals surface area contributed by atoms with E-state index in [2.05, 4.69) is 16.2 Å². The molecule has 3 aromatic rings. The third-order valence-electron chi connectivity index (χ3n) is 4.02. The van der Waals surface area contributed by atoms with Gasteiger partial charge in [0.05, 0.1) is 11.9 Å². The van der Waals surface area contributed by atoms with E-state index in [0.717, 1.165) is 16.7 Å². The van der Waals surface area contributed by atoms with Crippen LogP contribution in [0.2, 0.25) is 0 Å². The van der Waals surface area contributed by atoms with E-state index in [1.807, 2.05) is 20.2 Å². The molecule has 4 N–H and O–H groups in total. The molecule has 0 saturated heterocycles. The number of anilines is 1. The smallest absolute Gasteiger partial charge is 0.248 e. The summed E-state index contributed by atoms with van der Waals surface area (Å²) >= 11 is 0. The highest BCUT2D eigenvalue weighted by atomic mass is 16.1. The summed E-state index contributed by atoms with van der Waals surface area (Å²) < 4.78 is 1.67. The third kappa shape index (κ3) is 2.81. The van der Waals surface area contributed by atoms with Gasteiger partial charge in [0, 0.05) is 29.9 Å². The molecule has 1 amide bonds. The van der Waals surface area contributed by atoms with Gasteiger partial charge >= 0.3 is 0 Å². The van der Waals surface area contributed by atoms with Crippen LogP contribution in [0.4, 0.5) is 5.82 Å². The maximum Gasteiger partial charge on any atom is 0.248 e. The van der Waals surface area contributed by atoms with Gasteiger partial charge < -0.3 is 11.5 Å². The number of nitrogens with two attached hydrogens (primary N) is 2. The number of rotatable bonds is 3. The van der Waals surface area contributed by atoms with E-state index in [4.69, 9.17) is 11.5 Å². The summed E-state index contributed by atoms with van der Waals surface area (Å²) in [6.45, 7) is 1.88. The number of nitrogen functional groups attached to an aromatic ring is 1. The second kappa shape index (κ2) is 6.09. The summed E-state index contributed by atoms with van der Waals surface area (Å²) in [7, 11) is 1.81. The summed E-state index contributed by atoms with van der Waals surface area (Å²) in [5.74, 6) is -0.352. The quantitative estimate of drug-likeness (QED) is 0.759. The molecule has 7 heteroatoms. The van der Waals surface area contributed by atoms with Crippen molar-refractivity contribution in [2.24, 2.45) is 12.8 Å². The van der Waals surface area contributed by atoms with Crippen LogP contribution in [0.5, 0.6) is 0 Å². The van der Waals surface area contributed by atoms with E-state index >= 15 is 0 Å². The molecule has 0 spiro atoms. The monoisotopic (exact) mass is 332 g/mol. The normalized spacial score (nSPS) is 10.4. The predicted molar refractivity (Wildman–Crippen MR) is 94.3 cm³/mol. The highest BCUT2D eigenvalue weighted by molar-refractivity contribution is 5.93. The Morgan fingerprint density at radius 1 is 1.24 bits per heavy atom. The molecule has 0 bridgehead atoms. The maximum atomic E-state index is 11.3. The number of nitriles is 1. The molecule has 124 valence electrons. The Kier molecular flexibility index (Phi) is 3.95. The third-order valence-corrected chi connectivity index (χ3v) is 4.02. The number of carbonyl (C=O) groups excluding carboxylic acids is 1. The molecule has 1 aromatic carbocycles. The average molecular weight is 332 g/mol. The van der Waals surface area contributed by atoms with Crippen molar-refractivity contribution in [3.63, 3.8) is 0 Å². The lowest BCUT2D eigenvalue weighted by atomic mass is 9.93. The largest absolute Gasteiger partial charge is 0.383 e. The van der Waals surface area contributed by atoms with Crippen molar-refractivity contribution < 1.29 is 4.79 Å². The zero-order valence-electron chi connectivity index (χ0n) is 13.8. The van der Waals surface area contributed by atoms with Gasteiger partial charge in [-0.1, -0.05) is 12.1 Å². The van der Waals surface area contributed by atoms with E-state index in [0.29, 0.717) is 22.4 Å². The summed E-state index contributed by atoms with van der Waals surface area (Å²) in [6.07, 6.45) is 3.53. The molecular weight excluding hydrogens is 316 g/mol. The molecule has 0 aliphatic rings. The molecule has 0 saturated carbocycles. The first-order chi connectivity index (χ1) is 11.9. The van der Waals surface area contributed by atoms with Gasteiger partial charge in [-0.3, -0.25) is 9.48 Å². The Labute approximate surface area is 144 Å². The number of primary amides is 1. The molecule has 0 unspecified atom stereocenters. The zero-order valence-corrected chi connectivity index (χ0v) is 13.8. The fourth-order valence-corrected chi connectivity index (χ4v) is 2.79. The zero-order chi connectivity index (χ0) is 18.1. The molecule has 2 aromatic heterocycles. The molecule has 0 fully saturated rings. The number of aromatic nitrogens is 3. The van der Waals surface area contributed by atoms with Gasteiger partial charge in [0.2, 0.25) is 5.91 Å². The van der Waals surface area contributed by atoms with E-state index in [-0.39, 0.29) is 5.82 Å². The van der Waals surface area contributed by atoms with Gasteiger partial charge in [-0.2, -0.15) is 10.4 Å². The first-order valence-corrected chi connectivity index (χ1v) is 7.51. The number of amides is 1. The molecule has 2 heterocycles. The molecule has 0 radical (unpaired) electrons. The fraction of sp³-hybridized carbons (Fsp3) is 0.111. The van der Waals surface area contributed by atoms with Gasteiger partial charge in [-0.25, -0.2) is 4.98 Å². The van der Waals surface area contributed by atoms with Crippen LogP contribution < -0.4 is 11.5 Å². The van der Waals surface area contributed by atoms with Crippen LogP contribution in [0.15, 0.2) is 36.7 Å². The topological polar surface area (TPSA) is 124 Å². The van der Waals surface area contributed by atoms with E-state index < -0.39 is 5.91 Å². The molecule has 3 rings (SSSR count). The minimum absolute atomic E-state index is 0.154. The van der Waals surface area contributed by atoms with Crippen molar-refractivity contribution in [3.05, 3.63) is 53.3 Å². The molecule has 25 heavy (non-hydrogen) atoms. The van der Waals surface area contributed by atoms with Gasteiger partial charge in [0.1, 0.15) is 17.5 Å². The lowest BCUT2D eigenvalue weighted by Gasteiger charge is -2.14.